The maximum atomic E-state index is 12.8. The van der Waals surface area contributed by atoms with Crippen molar-refractivity contribution in [3.05, 3.63) is 41.4 Å². The number of amides is 3. The van der Waals surface area contributed by atoms with Gasteiger partial charge in [-0.3, -0.25) is 19.3 Å². The third-order valence-electron chi connectivity index (χ3n) is 6.42. The smallest absolute Gasteiger partial charge is 0.233 e. The van der Waals surface area contributed by atoms with E-state index in [0.29, 0.717) is 22.5 Å². The normalized spacial score (nSPS) is 36.1. The van der Waals surface area contributed by atoms with Crippen LogP contribution in [-0.2, 0) is 14.4 Å². The molecule has 1 aromatic rings. The molecule has 4 aliphatic carbocycles. The molecule has 1 saturated heterocycles. The highest BCUT2D eigenvalue weighted by Crippen LogP contribution is 2.65. The van der Waals surface area contributed by atoms with Gasteiger partial charge in [0.25, 0.3) is 0 Å². The van der Waals surface area contributed by atoms with Gasteiger partial charge < -0.3 is 5.32 Å². The summed E-state index contributed by atoms with van der Waals surface area (Å²) >= 11 is 5.91. The van der Waals surface area contributed by atoms with E-state index in [-0.39, 0.29) is 54.4 Å². The summed E-state index contributed by atoms with van der Waals surface area (Å²) in [6, 6.07) is 6.90. The minimum Gasteiger partial charge on any atom is -0.326 e. The molecular formula is C20H19ClN2O3. The van der Waals surface area contributed by atoms with Gasteiger partial charge in [-0.05, 0) is 48.3 Å². The summed E-state index contributed by atoms with van der Waals surface area (Å²) in [4.78, 5) is 39.2. The van der Waals surface area contributed by atoms with Crippen LogP contribution >= 0.6 is 11.6 Å². The highest BCUT2D eigenvalue weighted by molar-refractivity contribution is 6.30. The number of nitrogens with one attached hydrogen (secondary N) is 1. The molecule has 0 radical (unpaired) electrons. The molecule has 26 heavy (non-hydrogen) atoms. The van der Waals surface area contributed by atoms with E-state index in [9.17, 15) is 14.4 Å². The number of benzene rings is 1. The molecule has 6 rings (SSSR count). The number of imide groups is 1. The molecule has 1 N–H and O–H groups in total. The van der Waals surface area contributed by atoms with Crippen LogP contribution in [0.5, 0.6) is 0 Å². The second-order valence-corrected chi connectivity index (χ2v) is 8.23. The Morgan fingerprint density at radius 1 is 1.12 bits per heavy atom. The van der Waals surface area contributed by atoms with E-state index in [1.165, 1.54) is 4.90 Å². The SMILES string of the molecule is O=C(CCN1C(=O)[C@H]2[C@@H]3C=C[C@H]([C@H]4C[C@H]34)[C@@H]2C1=O)Nc1cccc(Cl)c1. The summed E-state index contributed by atoms with van der Waals surface area (Å²) in [5.74, 6) is 0.832. The van der Waals surface area contributed by atoms with Crippen LogP contribution in [0.4, 0.5) is 5.69 Å². The van der Waals surface area contributed by atoms with Gasteiger partial charge in [-0.2, -0.15) is 0 Å². The van der Waals surface area contributed by atoms with Crippen LogP contribution in [0.2, 0.25) is 5.02 Å². The Bertz CT molecular complexity index is 815. The van der Waals surface area contributed by atoms with Gasteiger partial charge in [-0.25, -0.2) is 0 Å². The van der Waals surface area contributed by atoms with E-state index in [2.05, 4.69) is 17.5 Å². The van der Waals surface area contributed by atoms with Crippen LogP contribution in [0, 0.1) is 35.5 Å². The highest BCUT2D eigenvalue weighted by atomic mass is 35.5. The average molecular weight is 371 g/mol. The van der Waals surface area contributed by atoms with Crippen molar-refractivity contribution < 1.29 is 14.4 Å². The first-order valence-electron chi connectivity index (χ1n) is 9.13. The molecule has 6 atom stereocenters. The first-order chi connectivity index (χ1) is 12.5. The van der Waals surface area contributed by atoms with Crippen LogP contribution in [0.1, 0.15) is 12.8 Å². The van der Waals surface area contributed by atoms with Crippen molar-refractivity contribution in [1.82, 2.24) is 4.90 Å². The molecule has 0 aromatic heterocycles. The fourth-order valence-corrected chi connectivity index (χ4v) is 5.43. The summed E-state index contributed by atoms with van der Waals surface area (Å²) < 4.78 is 0. The van der Waals surface area contributed by atoms with Gasteiger partial charge in [0.05, 0.1) is 11.8 Å². The largest absolute Gasteiger partial charge is 0.326 e. The van der Waals surface area contributed by atoms with E-state index in [4.69, 9.17) is 11.6 Å². The number of allylic oxidation sites excluding steroid dienone is 2. The number of carbonyl (C=O) groups excluding carboxylic acids is 3. The Morgan fingerprint density at radius 3 is 2.38 bits per heavy atom. The number of rotatable bonds is 4. The molecule has 1 aromatic carbocycles. The van der Waals surface area contributed by atoms with E-state index in [1.807, 2.05) is 0 Å². The van der Waals surface area contributed by atoms with Crippen LogP contribution < -0.4 is 5.32 Å². The maximum absolute atomic E-state index is 12.8. The van der Waals surface area contributed by atoms with E-state index < -0.39 is 0 Å². The lowest BCUT2D eigenvalue weighted by molar-refractivity contribution is -0.140. The molecule has 6 heteroatoms. The summed E-state index contributed by atoms with van der Waals surface area (Å²) in [5.41, 5.74) is 0.609. The topological polar surface area (TPSA) is 66.5 Å². The lowest BCUT2D eigenvalue weighted by Crippen LogP contribution is -2.40. The number of nitrogens with zero attached hydrogens (tertiary/aromatic N) is 1. The van der Waals surface area contributed by atoms with Gasteiger partial charge in [0, 0.05) is 23.7 Å². The molecule has 1 aliphatic heterocycles. The van der Waals surface area contributed by atoms with Gasteiger partial charge >= 0.3 is 0 Å². The quantitative estimate of drug-likeness (QED) is 0.654. The minimum absolute atomic E-state index is 0.0831. The van der Waals surface area contributed by atoms with E-state index in [0.717, 1.165) is 6.42 Å². The number of anilines is 1. The average Bonchev–Trinajstić information content (AvgIpc) is 3.39. The third-order valence-corrected chi connectivity index (χ3v) is 6.66. The Morgan fingerprint density at radius 2 is 1.77 bits per heavy atom. The lowest BCUT2D eigenvalue weighted by Gasteiger charge is -2.37. The molecular weight excluding hydrogens is 352 g/mol. The predicted molar refractivity (Wildman–Crippen MR) is 96.1 cm³/mol. The summed E-state index contributed by atoms with van der Waals surface area (Å²) in [7, 11) is 0. The van der Waals surface area contributed by atoms with Gasteiger partial charge in [-0.15, -0.1) is 0 Å². The zero-order valence-electron chi connectivity index (χ0n) is 14.1. The maximum Gasteiger partial charge on any atom is 0.233 e. The van der Waals surface area contributed by atoms with Crippen LogP contribution in [0.15, 0.2) is 36.4 Å². The number of hydrogen-bond donors (Lipinski definition) is 1. The molecule has 3 amide bonds. The Hall–Kier alpha value is -2.14. The van der Waals surface area contributed by atoms with Crippen LogP contribution in [-0.4, -0.2) is 29.2 Å². The Kier molecular flexibility index (Phi) is 3.51. The van der Waals surface area contributed by atoms with E-state index in [1.54, 1.807) is 24.3 Å². The molecule has 5 nitrogen and oxygen atoms in total. The minimum atomic E-state index is -0.230. The molecule has 3 fully saturated rings. The Labute approximate surface area is 156 Å². The standard InChI is InChI=1S/C20H19ClN2O3/c21-10-2-1-3-11(8-10)22-16(24)6-7-23-19(25)17-12-4-5-13(15-9-14(12)15)18(17)20(23)26/h1-5,8,12-15,17-18H,6-7,9H2,(H,22,24)/t12-,13-,14-,15-,17+,18+/m1/s1. The molecule has 1 heterocycles. The van der Waals surface area contributed by atoms with Crippen molar-refractivity contribution in [2.75, 3.05) is 11.9 Å². The van der Waals surface area contributed by atoms with Crippen LogP contribution in [0.3, 0.4) is 0 Å². The summed E-state index contributed by atoms with van der Waals surface area (Å²) in [6.07, 6.45) is 5.55. The van der Waals surface area contributed by atoms with Gasteiger partial charge in [0.1, 0.15) is 0 Å². The zero-order chi connectivity index (χ0) is 18.0. The van der Waals surface area contributed by atoms with Crippen molar-refractivity contribution in [2.24, 2.45) is 35.5 Å². The number of carbonyl (C=O) groups is 3. The van der Waals surface area contributed by atoms with Crippen molar-refractivity contribution in [2.45, 2.75) is 12.8 Å². The number of halogens is 1. The monoisotopic (exact) mass is 370 g/mol. The molecule has 134 valence electrons. The van der Waals surface area contributed by atoms with Crippen molar-refractivity contribution in [1.29, 1.82) is 0 Å². The van der Waals surface area contributed by atoms with E-state index >= 15 is 0 Å². The third kappa shape index (κ3) is 2.33. The lowest BCUT2D eigenvalue weighted by atomic mass is 9.63. The summed E-state index contributed by atoms with van der Waals surface area (Å²) in [6.45, 7) is 0.145. The zero-order valence-corrected chi connectivity index (χ0v) is 14.9. The first-order valence-corrected chi connectivity index (χ1v) is 9.51. The fraction of sp³-hybridized carbons (Fsp3) is 0.450. The van der Waals surface area contributed by atoms with Gasteiger partial charge in [0.15, 0.2) is 0 Å². The number of likely N-dealkylation sites (tertiary alicyclic amines) is 1. The second-order valence-electron chi connectivity index (χ2n) is 7.79. The molecule has 2 bridgehead atoms. The first kappa shape index (κ1) is 16.1. The van der Waals surface area contributed by atoms with Crippen LogP contribution in [0.25, 0.3) is 0 Å². The molecule has 2 saturated carbocycles. The highest BCUT2D eigenvalue weighted by Gasteiger charge is 2.66. The molecule has 0 spiro atoms. The van der Waals surface area contributed by atoms with Crippen molar-refractivity contribution >= 4 is 35.0 Å². The summed E-state index contributed by atoms with van der Waals surface area (Å²) in [5, 5.41) is 3.30. The predicted octanol–water partition coefficient (Wildman–Crippen LogP) is 2.72. The second kappa shape index (κ2) is 5.68. The van der Waals surface area contributed by atoms with Crippen molar-refractivity contribution in [3.63, 3.8) is 0 Å². The van der Waals surface area contributed by atoms with Gasteiger partial charge in [-0.1, -0.05) is 29.8 Å². The van der Waals surface area contributed by atoms with Gasteiger partial charge in [0.2, 0.25) is 17.7 Å². The Balaban J connectivity index is 1.25. The fourth-order valence-electron chi connectivity index (χ4n) is 5.24. The molecule has 0 unspecified atom stereocenters. The number of hydrogen-bond acceptors (Lipinski definition) is 3. The van der Waals surface area contributed by atoms with Crippen molar-refractivity contribution in [3.8, 4) is 0 Å². The molecule has 5 aliphatic rings.